The maximum absolute atomic E-state index is 5.31. The van der Waals surface area contributed by atoms with Crippen LogP contribution in [0.4, 0.5) is 5.69 Å². The average molecular weight is 231 g/mol. The molecule has 0 saturated carbocycles. The van der Waals surface area contributed by atoms with Crippen molar-refractivity contribution in [1.82, 2.24) is 0 Å². The van der Waals surface area contributed by atoms with E-state index in [2.05, 4.69) is 35.7 Å². The van der Waals surface area contributed by atoms with Crippen molar-refractivity contribution in [2.24, 2.45) is 0 Å². The van der Waals surface area contributed by atoms with Crippen molar-refractivity contribution in [3.63, 3.8) is 0 Å². The molecule has 2 aliphatic heterocycles. The van der Waals surface area contributed by atoms with Gasteiger partial charge in [-0.1, -0.05) is 24.8 Å². The lowest BCUT2D eigenvalue weighted by molar-refractivity contribution is 0.389. The van der Waals surface area contributed by atoms with Crippen molar-refractivity contribution in [1.29, 1.82) is 0 Å². The number of nitrogens with zero attached hydrogens (tertiary/aromatic N) is 1. The van der Waals surface area contributed by atoms with E-state index in [0.29, 0.717) is 12.2 Å². The smallest absolute Gasteiger partial charge is 0.0984 e. The largest absolute Gasteiger partial charge is 0.371 e. The summed E-state index contributed by atoms with van der Waals surface area (Å²) in [5.41, 5.74) is 2.39. The van der Waals surface area contributed by atoms with Crippen LogP contribution in [0.5, 0.6) is 0 Å². The van der Waals surface area contributed by atoms with Crippen LogP contribution in [0.25, 0.3) is 6.08 Å². The topological polar surface area (TPSA) is 28.3 Å². The van der Waals surface area contributed by atoms with E-state index in [9.17, 15) is 0 Å². The minimum Gasteiger partial charge on any atom is -0.371 e. The van der Waals surface area contributed by atoms with Crippen molar-refractivity contribution >= 4 is 11.8 Å². The summed E-state index contributed by atoms with van der Waals surface area (Å²) in [5.74, 6) is 0. The van der Waals surface area contributed by atoms with Crippen LogP contribution in [0.15, 0.2) is 30.8 Å². The van der Waals surface area contributed by atoms with E-state index in [1.165, 1.54) is 5.69 Å². The maximum atomic E-state index is 5.31. The van der Waals surface area contributed by atoms with Crippen LogP contribution in [0.1, 0.15) is 5.56 Å². The zero-order valence-electron chi connectivity index (χ0n) is 9.84. The molecular weight excluding hydrogens is 214 g/mol. The third-order valence-electron chi connectivity index (χ3n) is 3.15. The van der Waals surface area contributed by atoms with Crippen LogP contribution >= 0.6 is 0 Å². The Morgan fingerprint density at radius 3 is 2.06 bits per heavy atom. The minimum atomic E-state index is 0.410. The Morgan fingerprint density at radius 1 is 1.12 bits per heavy atom. The molecule has 1 aromatic carbocycles. The molecule has 2 unspecified atom stereocenters. The summed E-state index contributed by atoms with van der Waals surface area (Å²) in [6.07, 6.45) is 2.68. The molecule has 0 spiro atoms. The number of rotatable bonds is 6. The molecule has 1 aromatic rings. The minimum absolute atomic E-state index is 0.410. The number of benzene rings is 1. The van der Waals surface area contributed by atoms with Gasteiger partial charge in [-0.3, -0.25) is 0 Å². The fourth-order valence-corrected chi connectivity index (χ4v) is 1.95. The first-order chi connectivity index (χ1) is 8.35. The van der Waals surface area contributed by atoms with E-state index in [1.807, 2.05) is 6.08 Å². The van der Waals surface area contributed by atoms with Gasteiger partial charge in [-0.05, 0) is 17.7 Å². The SMILES string of the molecule is C=Cc1ccc(N(CC2CO2)CC2CO2)cc1. The molecule has 2 atom stereocenters. The molecule has 3 nitrogen and oxygen atoms in total. The number of anilines is 1. The zero-order valence-corrected chi connectivity index (χ0v) is 9.84. The van der Waals surface area contributed by atoms with E-state index >= 15 is 0 Å². The number of hydrogen-bond acceptors (Lipinski definition) is 3. The molecule has 0 N–H and O–H groups in total. The summed E-state index contributed by atoms with van der Waals surface area (Å²) < 4.78 is 10.6. The predicted molar refractivity (Wildman–Crippen MR) is 68.2 cm³/mol. The Balaban J connectivity index is 1.71. The molecule has 2 aliphatic rings. The van der Waals surface area contributed by atoms with Gasteiger partial charge in [0.25, 0.3) is 0 Å². The van der Waals surface area contributed by atoms with Crippen LogP contribution in [0.3, 0.4) is 0 Å². The zero-order chi connectivity index (χ0) is 11.7. The van der Waals surface area contributed by atoms with Gasteiger partial charge in [0.2, 0.25) is 0 Å². The quantitative estimate of drug-likeness (QED) is 0.700. The summed E-state index contributed by atoms with van der Waals surface area (Å²) in [5, 5.41) is 0. The third kappa shape index (κ3) is 2.87. The van der Waals surface area contributed by atoms with Gasteiger partial charge in [-0.25, -0.2) is 0 Å². The highest BCUT2D eigenvalue weighted by Gasteiger charge is 2.30. The van der Waals surface area contributed by atoms with Crippen LogP contribution in [-0.2, 0) is 9.47 Å². The van der Waals surface area contributed by atoms with Gasteiger partial charge in [0.1, 0.15) is 0 Å². The van der Waals surface area contributed by atoms with Crippen molar-refractivity contribution < 1.29 is 9.47 Å². The lowest BCUT2D eigenvalue weighted by atomic mass is 10.2. The molecule has 90 valence electrons. The lowest BCUT2D eigenvalue weighted by Gasteiger charge is -2.23. The molecule has 0 amide bonds. The monoisotopic (exact) mass is 231 g/mol. The lowest BCUT2D eigenvalue weighted by Crippen LogP contribution is -2.31. The van der Waals surface area contributed by atoms with Gasteiger partial charge in [0.15, 0.2) is 0 Å². The van der Waals surface area contributed by atoms with E-state index < -0.39 is 0 Å². The molecule has 17 heavy (non-hydrogen) atoms. The molecule has 3 rings (SSSR count). The summed E-state index contributed by atoms with van der Waals surface area (Å²) in [6.45, 7) is 7.49. The Kier molecular flexibility index (Phi) is 2.87. The Bertz CT molecular complexity index is 379. The number of epoxide rings is 2. The van der Waals surface area contributed by atoms with Crippen LogP contribution in [0.2, 0.25) is 0 Å². The number of hydrogen-bond donors (Lipinski definition) is 0. The highest BCUT2D eigenvalue weighted by molar-refractivity contribution is 5.55. The Labute approximate surface area is 102 Å². The molecule has 0 aromatic heterocycles. The molecule has 2 heterocycles. The van der Waals surface area contributed by atoms with Gasteiger partial charge < -0.3 is 14.4 Å². The summed E-state index contributed by atoms with van der Waals surface area (Å²) in [4.78, 5) is 2.35. The molecule has 0 radical (unpaired) electrons. The van der Waals surface area contributed by atoms with Crippen molar-refractivity contribution in [2.45, 2.75) is 12.2 Å². The van der Waals surface area contributed by atoms with Crippen LogP contribution in [-0.4, -0.2) is 38.5 Å². The number of ether oxygens (including phenoxy) is 2. The first-order valence-electron chi connectivity index (χ1n) is 6.06. The van der Waals surface area contributed by atoms with Crippen molar-refractivity contribution in [3.8, 4) is 0 Å². The van der Waals surface area contributed by atoms with Gasteiger partial charge >= 0.3 is 0 Å². The fourth-order valence-electron chi connectivity index (χ4n) is 1.95. The standard InChI is InChI=1S/C14H17NO2/c1-2-11-3-5-12(6-4-11)15(7-13-9-16-13)8-14-10-17-14/h2-6,13-14H,1,7-10H2. The third-order valence-corrected chi connectivity index (χ3v) is 3.15. The van der Waals surface area contributed by atoms with Gasteiger partial charge in [0, 0.05) is 18.8 Å². The second kappa shape index (κ2) is 4.51. The summed E-state index contributed by atoms with van der Waals surface area (Å²) >= 11 is 0. The summed E-state index contributed by atoms with van der Waals surface area (Å²) in [6, 6.07) is 8.47. The van der Waals surface area contributed by atoms with Crippen LogP contribution in [0, 0.1) is 0 Å². The fraction of sp³-hybridized carbons (Fsp3) is 0.429. The first-order valence-corrected chi connectivity index (χ1v) is 6.06. The molecule has 0 bridgehead atoms. The first kappa shape index (κ1) is 10.8. The molecule has 2 saturated heterocycles. The van der Waals surface area contributed by atoms with Gasteiger partial charge in [0.05, 0.1) is 25.4 Å². The highest BCUT2D eigenvalue weighted by Crippen LogP contribution is 2.22. The van der Waals surface area contributed by atoms with E-state index in [-0.39, 0.29) is 0 Å². The van der Waals surface area contributed by atoms with Crippen molar-refractivity contribution in [2.75, 3.05) is 31.2 Å². The van der Waals surface area contributed by atoms with Crippen LogP contribution < -0.4 is 4.90 Å². The molecular formula is C14H17NO2. The maximum Gasteiger partial charge on any atom is 0.0984 e. The highest BCUT2D eigenvalue weighted by atomic mass is 16.6. The molecule has 0 aliphatic carbocycles. The van der Waals surface area contributed by atoms with Gasteiger partial charge in [-0.2, -0.15) is 0 Å². The normalized spacial score (nSPS) is 25.4. The average Bonchev–Trinajstić information content (AvgIpc) is 3.23. The van der Waals surface area contributed by atoms with Gasteiger partial charge in [-0.15, -0.1) is 0 Å². The molecule has 2 fully saturated rings. The van der Waals surface area contributed by atoms with E-state index in [0.717, 1.165) is 31.9 Å². The Morgan fingerprint density at radius 2 is 1.65 bits per heavy atom. The van der Waals surface area contributed by atoms with Crippen molar-refractivity contribution in [3.05, 3.63) is 36.4 Å². The predicted octanol–water partition coefficient (Wildman–Crippen LogP) is 1.93. The second-order valence-electron chi connectivity index (χ2n) is 4.61. The summed E-state index contributed by atoms with van der Waals surface area (Å²) in [7, 11) is 0. The van der Waals surface area contributed by atoms with E-state index in [1.54, 1.807) is 0 Å². The van der Waals surface area contributed by atoms with E-state index in [4.69, 9.17) is 9.47 Å². The molecule has 3 heteroatoms. The Hall–Kier alpha value is -1.32. The second-order valence-corrected chi connectivity index (χ2v) is 4.61.